The maximum absolute atomic E-state index is 10.7. The predicted molar refractivity (Wildman–Crippen MR) is 63.4 cm³/mol. The predicted octanol–water partition coefficient (Wildman–Crippen LogP) is 3.67. The summed E-state index contributed by atoms with van der Waals surface area (Å²) < 4.78 is 4.85. The molecule has 0 amide bonds. The van der Waals surface area contributed by atoms with Crippen LogP contribution in [0.4, 0.5) is 0 Å². The molecule has 0 aliphatic heterocycles. The number of ether oxygens (including phenoxy) is 1. The summed E-state index contributed by atoms with van der Waals surface area (Å²) in [6, 6.07) is 0. The fourth-order valence-electron chi connectivity index (χ4n) is 1.27. The first kappa shape index (κ1) is 14.2. The Bertz CT molecular complexity index is 173. The lowest BCUT2D eigenvalue weighted by Crippen LogP contribution is -2.02. The molecule has 0 atom stereocenters. The van der Waals surface area contributed by atoms with E-state index in [1.54, 1.807) is 6.92 Å². The van der Waals surface area contributed by atoms with E-state index in [0.29, 0.717) is 6.61 Å². The second-order valence-corrected chi connectivity index (χ2v) is 3.59. The van der Waals surface area contributed by atoms with Crippen LogP contribution in [0.5, 0.6) is 0 Å². The first-order chi connectivity index (χ1) is 7.31. The summed E-state index contributed by atoms with van der Waals surface area (Å²) >= 11 is 0. The zero-order valence-electron chi connectivity index (χ0n) is 10.00. The quantitative estimate of drug-likeness (QED) is 0.330. The second-order valence-electron chi connectivity index (χ2n) is 3.59. The Morgan fingerprint density at radius 3 is 2.53 bits per heavy atom. The van der Waals surface area contributed by atoms with Crippen molar-refractivity contribution in [2.75, 3.05) is 6.61 Å². The Balaban J connectivity index is 3.14. The van der Waals surface area contributed by atoms with Crippen LogP contribution >= 0.6 is 0 Å². The van der Waals surface area contributed by atoms with Crippen LogP contribution in [0.2, 0.25) is 0 Å². The SMILES string of the molecule is C[CH]C(=O)OC/C=C/CCCCCCC. The minimum Gasteiger partial charge on any atom is -0.461 e. The highest BCUT2D eigenvalue weighted by molar-refractivity contribution is 5.78. The lowest BCUT2D eigenvalue weighted by molar-refractivity contribution is -0.138. The van der Waals surface area contributed by atoms with E-state index < -0.39 is 0 Å². The van der Waals surface area contributed by atoms with Gasteiger partial charge in [0.15, 0.2) is 0 Å². The van der Waals surface area contributed by atoms with Gasteiger partial charge in [-0.2, -0.15) is 0 Å². The van der Waals surface area contributed by atoms with Gasteiger partial charge in [0.2, 0.25) is 0 Å². The minimum absolute atomic E-state index is 0.248. The molecule has 0 spiro atoms. The van der Waals surface area contributed by atoms with Gasteiger partial charge in [-0.3, -0.25) is 4.79 Å². The first-order valence-corrected chi connectivity index (χ1v) is 5.92. The molecule has 0 aliphatic carbocycles. The summed E-state index contributed by atoms with van der Waals surface area (Å²) in [4.78, 5) is 10.7. The lowest BCUT2D eigenvalue weighted by atomic mass is 10.1. The Kier molecular flexibility index (Phi) is 10.7. The van der Waals surface area contributed by atoms with Crippen molar-refractivity contribution in [3.05, 3.63) is 18.6 Å². The molecule has 2 heteroatoms. The van der Waals surface area contributed by atoms with Crippen molar-refractivity contribution in [3.63, 3.8) is 0 Å². The molecule has 0 aromatic heterocycles. The van der Waals surface area contributed by atoms with Crippen LogP contribution in [0, 0.1) is 6.42 Å². The molecule has 0 saturated heterocycles. The number of rotatable bonds is 9. The van der Waals surface area contributed by atoms with Crippen molar-refractivity contribution >= 4 is 5.97 Å². The minimum atomic E-state index is -0.248. The van der Waals surface area contributed by atoms with Gasteiger partial charge in [-0.25, -0.2) is 0 Å². The van der Waals surface area contributed by atoms with Crippen molar-refractivity contribution in [1.82, 2.24) is 0 Å². The van der Waals surface area contributed by atoms with Crippen LogP contribution in [0.1, 0.15) is 52.4 Å². The third-order valence-electron chi connectivity index (χ3n) is 2.20. The van der Waals surface area contributed by atoms with Crippen molar-refractivity contribution in [1.29, 1.82) is 0 Å². The van der Waals surface area contributed by atoms with E-state index in [1.165, 1.54) is 38.5 Å². The number of carbonyl (C=O) groups is 1. The average Bonchev–Trinajstić information content (AvgIpc) is 2.26. The number of unbranched alkanes of at least 4 members (excludes halogenated alkanes) is 5. The topological polar surface area (TPSA) is 26.3 Å². The molecule has 0 rings (SSSR count). The van der Waals surface area contributed by atoms with E-state index >= 15 is 0 Å². The summed E-state index contributed by atoms with van der Waals surface area (Å²) in [6.07, 6.45) is 13.0. The lowest BCUT2D eigenvalue weighted by Gasteiger charge is -1.98. The maximum Gasteiger partial charge on any atom is 0.309 e. The molecule has 0 bridgehead atoms. The number of allylic oxidation sites excluding steroid dienone is 1. The van der Waals surface area contributed by atoms with E-state index in [0.717, 1.165) is 6.42 Å². The molecule has 0 saturated carbocycles. The third kappa shape index (κ3) is 11.1. The molecule has 0 aromatic rings. The van der Waals surface area contributed by atoms with E-state index in [4.69, 9.17) is 4.74 Å². The van der Waals surface area contributed by atoms with Gasteiger partial charge in [0.1, 0.15) is 6.61 Å². The van der Waals surface area contributed by atoms with E-state index in [2.05, 4.69) is 13.0 Å². The fraction of sp³-hybridized carbons (Fsp3) is 0.692. The molecule has 0 N–H and O–H groups in total. The summed E-state index contributed by atoms with van der Waals surface area (Å²) in [5.74, 6) is -0.248. The fourth-order valence-corrected chi connectivity index (χ4v) is 1.27. The van der Waals surface area contributed by atoms with Crippen LogP contribution in [0.3, 0.4) is 0 Å². The second kappa shape index (κ2) is 11.3. The Morgan fingerprint density at radius 1 is 1.13 bits per heavy atom. The maximum atomic E-state index is 10.7. The van der Waals surface area contributed by atoms with Gasteiger partial charge in [-0.15, -0.1) is 0 Å². The third-order valence-corrected chi connectivity index (χ3v) is 2.20. The normalized spacial score (nSPS) is 10.8. The first-order valence-electron chi connectivity index (χ1n) is 5.92. The molecule has 1 radical (unpaired) electrons. The van der Waals surface area contributed by atoms with Gasteiger partial charge in [0, 0.05) is 0 Å². The summed E-state index contributed by atoms with van der Waals surface area (Å²) in [7, 11) is 0. The Labute approximate surface area is 93.7 Å². The van der Waals surface area contributed by atoms with E-state index in [1.807, 2.05) is 6.08 Å². The van der Waals surface area contributed by atoms with Gasteiger partial charge in [-0.05, 0) is 12.8 Å². The van der Waals surface area contributed by atoms with Gasteiger partial charge < -0.3 is 4.74 Å². The van der Waals surface area contributed by atoms with Crippen LogP contribution in [0.15, 0.2) is 12.2 Å². The molecular formula is C13H23O2. The zero-order chi connectivity index (χ0) is 11.4. The van der Waals surface area contributed by atoms with Gasteiger partial charge >= 0.3 is 5.97 Å². The van der Waals surface area contributed by atoms with Gasteiger partial charge in [0.25, 0.3) is 0 Å². The monoisotopic (exact) mass is 211 g/mol. The largest absolute Gasteiger partial charge is 0.461 e. The van der Waals surface area contributed by atoms with Crippen LogP contribution < -0.4 is 0 Å². The average molecular weight is 211 g/mol. The molecule has 0 unspecified atom stereocenters. The van der Waals surface area contributed by atoms with Crippen LogP contribution in [0.25, 0.3) is 0 Å². The smallest absolute Gasteiger partial charge is 0.309 e. The molecule has 87 valence electrons. The summed E-state index contributed by atoms with van der Waals surface area (Å²) in [6.45, 7) is 4.30. The molecule has 0 aliphatic rings. The highest BCUT2D eigenvalue weighted by Gasteiger charge is 1.94. The Hall–Kier alpha value is -0.790. The number of hydrogen-bond donors (Lipinski definition) is 0. The van der Waals surface area contributed by atoms with Crippen molar-refractivity contribution < 1.29 is 9.53 Å². The summed E-state index contributed by atoms with van der Waals surface area (Å²) in [5, 5.41) is 0. The number of esters is 1. The molecule has 0 heterocycles. The van der Waals surface area contributed by atoms with E-state index in [-0.39, 0.29) is 5.97 Å². The Morgan fingerprint density at radius 2 is 1.87 bits per heavy atom. The zero-order valence-corrected chi connectivity index (χ0v) is 10.00. The van der Waals surface area contributed by atoms with Crippen molar-refractivity contribution in [3.8, 4) is 0 Å². The number of carbonyl (C=O) groups excluding carboxylic acids is 1. The van der Waals surface area contributed by atoms with Gasteiger partial charge in [0.05, 0.1) is 6.42 Å². The van der Waals surface area contributed by atoms with E-state index in [9.17, 15) is 4.79 Å². The summed E-state index contributed by atoms with van der Waals surface area (Å²) in [5.41, 5.74) is 0. The van der Waals surface area contributed by atoms with Crippen molar-refractivity contribution in [2.45, 2.75) is 52.4 Å². The molecule has 15 heavy (non-hydrogen) atoms. The van der Waals surface area contributed by atoms with Crippen LogP contribution in [-0.2, 0) is 9.53 Å². The standard InChI is InChI=1S/C13H23O2/c1-3-5-6-7-8-9-10-11-12-15-13(14)4-2/h4,10-11H,3,5-9,12H2,1-2H3/b11-10+. The highest BCUT2D eigenvalue weighted by Crippen LogP contribution is 2.05. The number of hydrogen-bond acceptors (Lipinski definition) is 2. The van der Waals surface area contributed by atoms with Crippen molar-refractivity contribution in [2.24, 2.45) is 0 Å². The van der Waals surface area contributed by atoms with Crippen LogP contribution in [-0.4, -0.2) is 12.6 Å². The highest BCUT2D eigenvalue weighted by atomic mass is 16.5. The molecular weight excluding hydrogens is 188 g/mol. The molecule has 0 fully saturated rings. The molecule has 2 nitrogen and oxygen atoms in total. The van der Waals surface area contributed by atoms with Gasteiger partial charge in [-0.1, -0.05) is 51.7 Å². The molecule has 0 aromatic carbocycles.